The molecule has 0 saturated carbocycles. The van der Waals surface area contributed by atoms with Crippen LogP contribution in [0.2, 0.25) is 0 Å². The fourth-order valence-electron chi connectivity index (χ4n) is 7.38. The minimum atomic E-state index is -0.849. The van der Waals surface area contributed by atoms with Gasteiger partial charge in [-0.3, -0.25) is 9.59 Å². The summed E-state index contributed by atoms with van der Waals surface area (Å²) in [4.78, 5) is 24.4. The lowest BCUT2D eigenvalue weighted by Crippen LogP contribution is -2.45. The van der Waals surface area contributed by atoms with E-state index in [1.807, 2.05) is 6.08 Å². The molecule has 0 fully saturated rings. The van der Waals surface area contributed by atoms with Gasteiger partial charge in [0.1, 0.15) is 0 Å². The van der Waals surface area contributed by atoms with E-state index in [2.05, 4.69) is 31.3 Å². The van der Waals surface area contributed by atoms with Gasteiger partial charge in [-0.15, -0.1) is 0 Å². The summed E-state index contributed by atoms with van der Waals surface area (Å²) in [6, 6.07) is -0.633. The highest BCUT2D eigenvalue weighted by Crippen LogP contribution is 2.15. The molecule has 0 bridgehead atoms. The first-order chi connectivity index (χ1) is 27.5. The molecule has 0 aliphatic heterocycles. The Hall–Kier alpha value is -1.66. The van der Waals surface area contributed by atoms with Crippen molar-refractivity contribution >= 4 is 11.9 Å². The third-order valence-corrected chi connectivity index (χ3v) is 11.2. The summed E-state index contributed by atoms with van der Waals surface area (Å²) in [5, 5.41) is 23.0. The number of esters is 1. The molecular weight excluding hydrogens is 695 g/mol. The zero-order valence-corrected chi connectivity index (χ0v) is 37.4. The fourth-order valence-corrected chi connectivity index (χ4v) is 7.38. The van der Waals surface area contributed by atoms with Crippen molar-refractivity contribution in [2.24, 2.45) is 0 Å². The molecule has 0 heterocycles. The molecule has 6 heteroatoms. The molecule has 56 heavy (non-hydrogen) atoms. The molecule has 330 valence electrons. The van der Waals surface area contributed by atoms with E-state index < -0.39 is 12.1 Å². The number of allylic oxidation sites excluding steroid dienone is 3. The summed E-state index contributed by atoms with van der Waals surface area (Å²) in [6.45, 7) is 4.83. The number of unbranched alkanes of at least 4 members (excludes halogenated alkanes) is 32. The van der Waals surface area contributed by atoms with Crippen molar-refractivity contribution in [3.8, 4) is 0 Å². The predicted molar refractivity (Wildman–Crippen MR) is 241 cm³/mol. The van der Waals surface area contributed by atoms with Crippen molar-refractivity contribution in [3.63, 3.8) is 0 Å². The summed E-state index contributed by atoms with van der Waals surface area (Å²) in [5.74, 6) is -0.0896. The summed E-state index contributed by atoms with van der Waals surface area (Å²) in [5.41, 5.74) is 0. The van der Waals surface area contributed by atoms with E-state index in [1.165, 1.54) is 173 Å². The monoisotopic (exact) mass is 790 g/mol. The highest BCUT2D eigenvalue weighted by Gasteiger charge is 2.18. The Labute approximate surface area is 348 Å². The summed E-state index contributed by atoms with van der Waals surface area (Å²) in [7, 11) is 0. The van der Waals surface area contributed by atoms with Crippen LogP contribution in [0.25, 0.3) is 0 Å². The van der Waals surface area contributed by atoms with Crippen LogP contribution in [0.4, 0.5) is 0 Å². The van der Waals surface area contributed by atoms with Crippen molar-refractivity contribution in [3.05, 3.63) is 24.3 Å². The molecule has 0 radical (unpaired) electrons. The van der Waals surface area contributed by atoms with Crippen molar-refractivity contribution in [2.75, 3.05) is 13.2 Å². The summed E-state index contributed by atoms with van der Waals surface area (Å²) in [6.07, 6.45) is 53.1. The minimum absolute atomic E-state index is 0.0121. The SMILES string of the molecule is CCCC/C=C\CCCCCCCC(=O)OCCCCCCCCCCCCCCCCCC(=O)NC(CO)C(O)/C=C/CCCCCCCCCCCCC. The Balaban J connectivity index is 3.48. The van der Waals surface area contributed by atoms with Crippen molar-refractivity contribution < 1.29 is 24.5 Å². The minimum Gasteiger partial charge on any atom is -0.466 e. The van der Waals surface area contributed by atoms with Gasteiger partial charge in [0, 0.05) is 12.8 Å². The Morgan fingerprint density at radius 1 is 0.482 bits per heavy atom. The van der Waals surface area contributed by atoms with Gasteiger partial charge < -0.3 is 20.3 Å². The van der Waals surface area contributed by atoms with Gasteiger partial charge in [0.05, 0.1) is 25.4 Å². The average molecular weight is 790 g/mol. The maximum absolute atomic E-state index is 12.4. The van der Waals surface area contributed by atoms with E-state index in [1.54, 1.807) is 6.08 Å². The number of aliphatic hydroxyl groups excluding tert-OH is 2. The van der Waals surface area contributed by atoms with Crippen LogP contribution >= 0.6 is 0 Å². The van der Waals surface area contributed by atoms with Gasteiger partial charge in [-0.05, 0) is 51.4 Å². The van der Waals surface area contributed by atoms with Crippen LogP contribution in [0.3, 0.4) is 0 Å². The largest absolute Gasteiger partial charge is 0.466 e. The average Bonchev–Trinajstić information content (AvgIpc) is 3.20. The Bertz CT molecular complexity index is 874. The first-order valence-electron chi connectivity index (χ1n) is 24.6. The highest BCUT2D eigenvalue weighted by atomic mass is 16.5. The number of rotatable bonds is 45. The smallest absolute Gasteiger partial charge is 0.305 e. The quantitative estimate of drug-likeness (QED) is 0.0324. The summed E-state index contributed by atoms with van der Waals surface area (Å²) >= 11 is 0. The summed E-state index contributed by atoms with van der Waals surface area (Å²) < 4.78 is 5.44. The van der Waals surface area contributed by atoms with Crippen LogP contribution in [0, 0.1) is 0 Å². The number of amides is 1. The van der Waals surface area contributed by atoms with Gasteiger partial charge in [-0.1, -0.05) is 218 Å². The van der Waals surface area contributed by atoms with Gasteiger partial charge in [0.25, 0.3) is 0 Å². The van der Waals surface area contributed by atoms with Crippen LogP contribution in [0.5, 0.6) is 0 Å². The van der Waals surface area contributed by atoms with Gasteiger partial charge in [-0.2, -0.15) is 0 Å². The van der Waals surface area contributed by atoms with Crippen LogP contribution in [0.15, 0.2) is 24.3 Å². The Morgan fingerprint density at radius 2 is 0.857 bits per heavy atom. The number of ether oxygens (including phenoxy) is 1. The van der Waals surface area contributed by atoms with Crippen molar-refractivity contribution in [1.82, 2.24) is 5.32 Å². The van der Waals surface area contributed by atoms with E-state index in [0.29, 0.717) is 19.4 Å². The van der Waals surface area contributed by atoms with E-state index in [4.69, 9.17) is 4.74 Å². The zero-order chi connectivity index (χ0) is 40.8. The molecule has 0 aromatic carbocycles. The van der Waals surface area contributed by atoms with Gasteiger partial charge in [-0.25, -0.2) is 0 Å². The lowest BCUT2D eigenvalue weighted by molar-refractivity contribution is -0.143. The third-order valence-electron chi connectivity index (χ3n) is 11.2. The van der Waals surface area contributed by atoms with Crippen molar-refractivity contribution in [2.45, 2.75) is 270 Å². The molecule has 0 saturated heterocycles. The molecule has 6 nitrogen and oxygen atoms in total. The number of aliphatic hydroxyl groups is 2. The maximum Gasteiger partial charge on any atom is 0.305 e. The number of hydrogen-bond donors (Lipinski definition) is 3. The highest BCUT2D eigenvalue weighted by molar-refractivity contribution is 5.76. The number of carbonyl (C=O) groups excluding carboxylic acids is 2. The number of hydrogen-bond acceptors (Lipinski definition) is 5. The lowest BCUT2D eigenvalue weighted by atomic mass is 10.0. The first kappa shape index (κ1) is 54.3. The molecule has 2 atom stereocenters. The maximum atomic E-state index is 12.4. The number of carbonyl (C=O) groups is 2. The normalized spacial score (nSPS) is 12.9. The third kappa shape index (κ3) is 42.0. The fraction of sp³-hybridized carbons (Fsp3) is 0.880. The molecule has 3 N–H and O–H groups in total. The van der Waals surface area contributed by atoms with Crippen LogP contribution < -0.4 is 5.32 Å². The second-order valence-corrected chi connectivity index (χ2v) is 16.8. The second-order valence-electron chi connectivity index (χ2n) is 16.8. The van der Waals surface area contributed by atoms with E-state index in [9.17, 15) is 19.8 Å². The lowest BCUT2D eigenvalue weighted by Gasteiger charge is -2.20. The Morgan fingerprint density at radius 3 is 1.32 bits per heavy atom. The first-order valence-corrected chi connectivity index (χ1v) is 24.6. The molecule has 1 amide bonds. The van der Waals surface area contributed by atoms with Crippen LogP contribution in [-0.2, 0) is 14.3 Å². The Kier molecular flexibility index (Phi) is 44.7. The molecule has 0 aliphatic rings. The second kappa shape index (κ2) is 46.0. The van der Waals surface area contributed by atoms with Crippen molar-refractivity contribution in [1.29, 1.82) is 0 Å². The molecule has 0 aliphatic carbocycles. The van der Waals surface area contributed by atoms with Gasteiger partial charge in [0.15, 0.2) is 0 Å². The molecule has 0 aromatic heterocycles. The van der Waals surface area contributed by atoms with Crippen LogP contribution in [0.1, 0.15) is 258 Å². The van der Waals surface area contributed by atoms with E-state index in [0.717, 1.165) is 57.8 Å². The van der Waals surface area contributed by atoms with Crippen LogP contribution in [-0.4, -0.2) is 47.4 Å². The van der Waals surface area contributed by atoms with E-state index >= 15 is 0 Å². The standard InChI is InChI=1S/C50H95NO5/c1-3-5-7-9-11-13-15-19-23-26-30-34-38-42-48(53)47(46-52)51-49(54)43-39-35-31-27-24-20-17-16-18-21-25-29-33-37-41-45-56-50(55)44-40-36-32-28-22-14-12-10-8-6-4-2/h10,12,38,42,47-48,52-53H,3-9,11,13-37,39-41,43-46H2,1-2H3,(H,51,54)/b12-10-,42-38+. The number of nitrogens with one attached hydrogen (secondary N) is 1. The molecule has 0 aromatic rings. The molecule has 2 unspecified atom stereocenters. The predicted octanol–water partition coefficient (Wildman–Crippen LogP) is 14.3. The molecule has 0 rings (SSSR count). The van der Waals surface area contributed by atoms with Gasteiger partial charge in [0.2, 0.25) is 5.91 Å². The zero-order valence-electron chi connectivity index (χ0n) is 37.4. The molecule has 0 spiro atoms. The van der Waals surface area contributed by atoms with Gasteiger partial charge >= 0.3 is 5.97 Å². The molecular formula is C50H95NO5. The topological polar surface area (TPSA) is 95.9 Å². The van der Waals surface area contributed by atoms with E-state index in [-0.39, 0.29) is 18.5 Å².